The zero-order valence-corrected chi connectivity index (χ0v) is 9.08. The smallest absolute Gasteiger partial charge is 0.109 e. The lowest BCUT2D eigenvalue weighted by Crippen LogP contribution is -2.62. The van der Waals surface area contributed by atoms with Crippen molar-refractivity contribution in [2.45, 2.75) is 44.1 Å². The molecular weight excluding hydrogens is 198 g/mol. The fourth-order valence-corrected chi connectivity index (χ4v) is 2.00. The lowest BCUT2D eigenvalue weighted by atomic mass is 9.94. The van der Waals surface area contributed by atoms with Gasteiger partial charge in [0, 0.05) is 6.54 Å². The quantitative estimate of drug-likeness (QED) is 0.465. The Morgan fingerprint density at radius 2 is 1.87 bits per heavy atom. The molecule has 0 radical (unpaired) electrons. The Balaban J connectivity index is 2.60. The van der Waals surface area contributed by atoms with E-state index in [1.54, 1.807) is 0 Å². The topological polar surface area (TPSA) is 84.2 Å². The third-order valence-electron chi connectivity index (χ3n) is 3.01. The van der Waals surface area contributed by atoms with Gasteiger partial charge in [-0.15, -0.1) is 0 Å². The summed E-state index contributed by atoms with van der Waals surface area (Å²) in [6, 6.07) is -0.463. The van der Waals surface area contributed by atoms with Gasteiger partial charge in [0.2, 0.25) is 0 Å². The second-order valence-electron chi connectivity index (χ2n) is 4.15. The summed E-state index contributed by atoms with van der Waals surface area (Å²) >= 11 is 0. The first kappa shape index (κ1) is 12.9. The molecule has 5 heteroatoms. The number of unbranched alkanes of at least 4 members (excludes halogenated alkanes) is 1. The van der Waals surface area contributed by atoms with E-state index in [0.29, 0.717) is 6.54 Å². The van der Waals surface area contributed by atoms with Crippen LogP contribution in [0, 0.1) is 0 Å². The molecule has 15 heavy (non-hydrogen) atoms. The van der Waals surface area contributed by atoms with Crippen molar-refractivity contribution >= 4 is 0 Å². The highest BCUT2D eigenvalue weighted by atomic mass is 16.4. The summed E-state index contributed by atoms with van der Waals surface area (Å²) in [7, 11) is 0. The van der Waals surface area contributed by atoms with Crippen molar-refractivity contribution in [3.8, 4) is 0 Å². The normalized spacial score (nSPS) is 38.2. The van der Waals surface area contributed by atoms with Crippen LogP contribution in [0.4, 0.5) is 0 Å². The number of piperidine rings is 1. The third kappa shape index (κ3) is 2.89. The summed E-state index contributed by atoms with van der Waals surface area (Å²) < 4.78 is 0. The van der Waals surface area contributed by atoms with E-state index >= 15 is 0 Å². The monoisotopic (exact) mass is 219 g/mol. The maximum Gasteiger partial charge on any atom is 0.109 e. The summed E-state index contributed by atoms with van der Waals surface area (Å²) in [5.41, 5.74) is 0. The van der Waals surface area contributed by atoms with Crippen LogP contribution in [0.25, 0.3) is 0 Å². The molecule has 0 aromatic rings. The Hall–Kier alpha value is -0.200. The first-order valence-corrected chi connectivity index (χ1v) is 5.51. The van der Waals surface area contributed by atoms with Gasteiger partial charge >= 0.3 is 0 Å². The Labute approximate surface area is 90.0 Å². The third-order valence-corrected chi connectivity index (χ3v) is 3.01. The molecule has 0 saturated carbocycles. The molecule has 0 aliphatic carbocycles. The fourth-order valence-electron chi connectivity index (χ4n) is 2.00. The van der Waals surface area contributed by atoms with E-state index in [9.17, 15) is 15.3 Å². The second-order valence-corrected chi connectivity index (χ2v) is 4.15. The number of aliphatic hydroxyl groups excluding tert-OH is 4. The fraction of sp³-hybridized carbons (Fsp3) is 1.00. The van der Waals surface area contributed by atoms with E-state index in [1.165, 1.54) is 0 Å². The van der Waals surface area contributed by atoms with Crippen LogP contribution in [0.15, 0.2) is 0 Å². The molecule has 0 amide bonds. The average molecular weight is 219 g/mol. The Morgan fingerprint density at radius 3 is 2.40 bits per heavy atom. The summed E-state index contributed by atoms with van der Waals surface area (Å²) in [6.45, 7) is 2.89. The van der Waals surface area contributed by atoms with E-state index in [1.807, 2.05) is 4.90 Å². The van der Waals surface area contributed by atoms with Crippen LogP contribution >= 0.6 is 0 Å². The zero-order chi connectivity index (χ0) is 11.4. The van der Waals surface area contributed by atoms with Gasteiger partial charge in [0.1, 0.15) is 12.2 Å². The standard InChI is InChI=1S/C10H21NO4/c1-2-3-4-11-5-8(13)10(15)9(14)7(11)6-12/h7-10,12-15H,2-6H2,1H3/t7?,8-,9-,10+/m0/s1. The second kappa shape index (κ2) is 5.77. The highest BCUT2D eigenvalue weighted by molar-refractivity contribution is 4.93. The SMILES string of the molecule is CCCCN1C[C@H](O)[C@@H](O)[C@@H](O)C1CO. The van der Waals surface area contributed by atoms with Crippen LogP contribution < -0.4 is 0 Å². The molecule has 1 fully saturated rings. The molecule has 1 heterocycles. The largest absolute Gasteiger partial charge is 0.395 e. The number of aliphatic hydroxyl groups is 4. The van der Waals surface area contributed by atoms with Crippen LogP contribution in [0.3, 0.4) is 0 Å². The Bertz CT molecular complexity index is 190. The van der Waals surface area contributed by atoms with Crippen molar-refractivity contribution in [1.29, 1.82) is 0 Å². The van der Waals surface area contributed by atoms with Crippen molar-refractivity contribution in [3.05, 3.63) is 0 Å². The molecule has 0 spiro atoms. The lowest BCUT2D eigenvalue weighted by molar-refractivity contribution is -0.145. The number of hydrogen-bond acceptors (Lipinski definition) is 5. The number of hydrogen-bond donors (Lipinski definition) is 4. The van der Waals surface area contributed by atoms with Crippen LogP contribution in [0.2, 0.25) is 0 Å². The highest BCUT2D eigenvalue weighted by Crippen LogP contribution is 2.19. The number of likely N-dealkylation sites (tertiary alicyclic amines) is 1. The predicted molar refractivity (Wildman–Crippen MR) is 55.4 cm³/mol. The maximum atomic E-state index is 9.67. The van der Waals surface area contributed by atoms with Gasteiger partial charge in [-0.3, -0.25) is 4.90 Å². The first-order valence-electron chi connectivity index (χ1n) is 5.51. The molecule has 90 valence electrons. The van der Waals surface area contributed by atoms with E-state index in [-0.39, 0.29) is 6.61 Å². The van der Waals surface area contributed by atoms with Gasteiger partial charge in [0.15, 0.2) is 0 Å². The molecule has 5 nitrogen and oxygen atoms in total. The number of rotatable bonds is 4. The molecule has 1 aliphatic rings. The summed E-state index contributed by atoms with van der Waals surface area (Å²) in [5, 5.41) is 37.8. The van der Waals surface area contributed by atoms with Crippen LogP contribution in [-0.4, -0.2) is 69.4 Å². The molecule has 0 aromatic carbocycles. The van der Waals surface area contributed by atoms with E-state index < -0.39 is 24.4 Å². The minimum absolute atomic E-state index is 0.200. The molecule has 0 aromatic heterocycles. The van der Waals surface area contributed by atoms with E-state index in [4.69, 9.17) is 5.11 Å². The van der Waals surface area contributed by atoms with Crippen molar-refractivity contribution in [2.75, 3.05) is 19.7 Å². The van der Waals surface area contributed by atoms with Crippen LogP contribution in [0.1, 0.15) is 19.8 Å². The molecule has 1 saturated heterocycles. The van der Waals surface area contributed by atoms with Gasteiger partial charge in [0.25, 0.3) is 0 Å². The van der Waals surface area contributed by atoms with E-state index in [2.05, 4.69) is 6.92 Å². The minimum Gasteiger partial charge on any atom is -0.395 e. The summed E-state index contributed by atoms with van der Waals surface area (Å²) in [5.74, 6) is 0. The van der Waals surface area contributed by atoms with Gasteiger partial charge < -0.3 is 20.4 Å². The van der Waals surface area contributed by atoms with Gasteiger partial charge in [-0.25, -0.2) is 0 Å². The Morgan fingerprint density at radius 1 is 1.20 bits per heavy atom. The number of β-amino-alcohol motifs (C(OH)–C–C–N with tert-alkyl or cyclic N) is 1. The molecule has 4 N–H and O–H groups in total. The maximum absolute atomic E-state index is 9.67. The van der Waals surface area contributed by atoms with Crippen LogP contribution in [0.5, 0.6) is 0 Å². The van der Waals surface area contributed by atoms with Crippen molar-refractivity contribution < 1.29 is 20.4 Å². The Kier molecular flexibility index (Phi) is 4.95. The molecular formula is C10H21NO4. The summed E-state index contributed by atoms with van der Waals surface area (Å²) in [4.78, 5) is 1.84. The van der Waals surface area contributed by atoms with Crippen molar-refractivity contribution in [3.63, 3.8) is 0 Å². The molecule has 0 bridgehead atoms. The van der Waals surface area contributed by atoms with Gasteiger partial charge in [-0.2, -0.15) is 0 Å². The molecule has 1 unspecified atom stereocenters. The van der Waals surface area contributed by atoms with Crippen molar-refractivity contribution in [1.82, 2.24) is 4.90 Å². The molecule has 1 rings (SSSR count). The predicted octanol–water partition coefficient (Wildman–Crippen LogP) is -1.45. The van der Waals surface area contributed by atoms with Crippen molar-refractivity contribution in [2.24, 2.45) is 0 Å². The molecule has 1 aliphatic heterocycles. The lowest BCUT2D eigenvalue weighted by Gasteiger charge is -2.43. The first-order chi connectivity index (χ1) is 7.11. The highest BCUT2D eigenvalue weighted by Gasteiger charge is 2.40. The zero-order valence-electron chi connectivity index (χ0n) is 9.08. The van der Waals surface area contributed by atoms with E-state index in [0.717, 1.165) is 19.4 Å². The minimum atomic E-state index is -1.15. The van der Waals surface area contributed by atoms with Crippen LogP contribution in [-0.2, 0) is 0 Å². The van der Waals surface area contributed by atoms with Gasteiger partial charge in [-0.05, 0) is 13.0 Å². The van der Waals surface area contributed by atoms with Gasteiger partial charge in [-0.1, -0.05) is 13.3 Å². The van der Waals surface area contributed by atoms with Gasteiger partial charge in [0.05, 0.1) is 18.8 Å². The average Bonchev–Trinajstić information content (AvgIpc) is 2.23. The summed E-state index contributed by atoms with van der Waals surface area (Å²) in [6.07, 6.45) is -1.19. The number of nitrogens with zero attached hydrogens (tertiary/aromatic N) is 1. The molecule has 4 atom stereocenters.